The summed E-state index contributed by atoms with van der Waals surface area (Å²) in [5.41, 5.74) is 0. The van der Waals surface area contributed by atoms with Crippen molar-refractivity contribution in [1.29, 1.82) is 0 Å². The minimum Gasteiger partial charge on any atom is -0.463 e. The lowest BCUT2D eigenvalue weighted by molar-refractivity contribution is -0.161. The molecule has 0 aliphatic carbocycles. The van der Waals surface area contributed by atoms with Crippen molar-refractivity contribution in [1.82, 2.24) is 0 Å². The van der Waals surface area contributed by atoms with Gasteiger partial charge in [0.05, 0.1) is 26.4 Å². The van der Waals surface area contributed by atoms with Gasteiger partial charge in [-0.2, -0.15) is 0 Å². The van der Waals surface area contributed by atoms with Crippen molar-refractivity contribution in [3.63, 3.8) is 0 Å². The molecule has 0 spiro atoms. The molecule has 0 bridgehead atoms. The normalized spacial score (nSPS) is 14.8. The third kappa shape index (κ3) is 79.8. The molecular formula is C87H144O16P2. The van der Waals surface area contributed by atoms with Crippen molar-refractivity contribution in [3.8, 4) is 0 Å². The van der Waals surface area contributed by atoms with Gasteiger partial charge in [-0.1, -0.05) is 300 Å². The topological polar surface area (TPSA) is 231 Å². The quantitative estimate of drug-likeness (QED) is 0.0146. The van der Waals surface area contributed by atoms with E-state index in [4.69, 9.17) is 32.3 Å². The number of esters is 3. The number of carbonyl (C=O) groups is 3. The van der Waals surface area contributed by atoms with E-state index in [1.807, 2.05) is 0 Å². The van der Waals surface area contributed by atoms with Crippen LogP contribution in [0.25, 0.3) is 0 Å². The summed E-state index contributed by atoms with van der Waals surface area (Å²) in [4.78, 5) is 58.8. The molecule has 105 heavy (non-hydrogen) atoms. The van der Waals surface area contributed by atoms with Gasteiger partial charge < -0.3 is 34.2 Å². The summed E-state index contributed by atoms with van der Waals surface area (Å²) in [6.45, 7) is 2.38. The average Bonchev–Trinajstić information content (AvgIpc) is 0.923. The summed E-state index contributed by atoms with van der Waals surface area (Å²) in [6.07, 6.45) is 99.5. The second-order valence-electron chi connectivity index (χ2n) is 26.5. The molecule has 0 aromatic rings. The molecule has 0 aliphatic rings. The van der Waals surface area contributed by atoms with Gasteiger partial charge in [0.2, 0.25) is 0 Å². The molecule has 5 atom stereocenters. The van der Waals surface area contributed by atoms with Crippen molar-refractivity contribution in [2.45, 2.75) is 322 Å². The Bertz CT molecular complexity index is 2590. The van der Waals surface area contributed by atoms with Crippen LogP contribution in [0.15, 0.2) is 170 Å². The maximum Gasteiger partial charge on any atom is 0.472 e. The fourth-order valence-corrected chi connectivity index (χ4v) is 11.9. The minimum atomic E-state index is -4.95. The van der Waals surface area contributed by atoms with E-state index < -0.39 is 91.5 Å². The molecule has 0 aromatic heterocycles. The maximum absolute atomic E-state index is 13.0. The van der Waals surface area contributed by atoms with Crippen molar-refractivity contribution >= 4 is 33.6 Å². The molecule has 0 aromatic carbocycles. The highest BCUT2D eigenvalue weighted by atomic mass is 31.2. The number of phosphoric acid groups is 2. The standard InChI is InChI=1S/C87H144O16P2/c1-4-7-10-13-16-19-22-25-28-31-34-36-38-40-42-44-47-49-52-55-58-61-64-67-70-73-85(90)97-76-82(88)77-99-104(93,94)100-78-83(89)79-101-105(95,96)102-81-84(103-87(92)75-72-69-66-63-60-57-54-51-46-33-30-27-24-21-18-15-12-9-6-3)80-98-86(91)74-71-68-65-62-59-56-53-50-48-45-43-41-39-37-35-32-29-26-23-20-17-14-11-8-5-2/h7,9-10,12,16-21,25-30,34-37,40-43,46-47,49,51,82-84,88-89H,4-6,8,11,13-15,22-24,31-33,38-39,44-45,48,50,52-81H2,1-3H3,(H,93,94)(H,95,96)/b10-7-,12-9-,19-16-,20-17-,21-18-,28-25-,29-26-,30-27-,36-34-,37-35-,42-40-,43-41-,49-47-,51-46-. The Morgan fingerprint density at radius 1 is 0.276 bits per heavy atom. The summed E-state index contributed by atoms with van der Waals surface area (Å²) >= 11 is 0. The highest BCUT2D eigenvalue weighted by Crippen LogP contribution is 2.45. The summed E-state index contributed by atoms with van der Waals surface area (Å²) < 4.78 is 61.2. The predicted molar refractivity (Wildman–Crippen MR) is 435 cm³/mol. The van der Waals surface area contributed by atoms with Crippen molar-refractivity contribution in [2.75, 3.05) is 39.6 Å². The Morgan fingerprint density at radius 2 is 0.505 bits per heavy atom. The van der Waals surface area contributed by atoms with E-state index >= 15 is 0 Å². The molecule has 0 fully saturated rings. The Labute approximate surface area is 637 Å². The number of hydrogen-bond acceptors (Lipinski definition) is 14. The lowest BCUT2D eigenvalue weighted by Gasteiger charge is -2.21. The third-order valence-corrected chi connectivity index (χ3v) is 18.3. The first-order valence-corrected chi connectivity index (χ1v) is 43.4. The van der Waals surface area contributed by atoms with E-state index in [2.05, 4.69) is 191 Å². The Hall–Kier alpha value is -5.09. The Kier molecular flexibility index (Phi) is 74.7. The number of rotatable bonds is 75. The van der Waals surface area contributed by atoms with Gasteiger partial charge in [0.1, 0.15) is 25.4 Å². The zero-order chi connectivity index (χ0) is 76.6. The first kappa shape index (κ1) is 99.9. The highest BCUT2D eigenvalue weighted by molar-refractivity contribution is 7.47. The van der Waals surface area contributed by atoms with E-state index in [1.165, 1.54) is 51.4 Å². The molecule has 0 aliphatic heterocycles. The number of phosphoric ester groups is 2. The SMILES string of the molecule is CC/C=C\C/C=C\C/C=C\C/C=C\C/C=C\C/C=C\CCCCCCCCC(=O)OCC(O)COP(=O)(O)OCC(O)COP(=O)(O)OCC(COC(=O)CCCCCCCCCCC/C=C\C/C=C\C/C=C\C/C=C\CCCCC)OC(=O)CCCCCCCC/C=C\C/C=C\C/C=C\C/C=C\CC. The van der Waals surface area contributed by atoms with Crippen LogP contribution in [0.1, 0.15) is 303 Å². The van der Waals surface area contributed by atoms with Gasteiger partial charge in [-0.05, 0) is 154 Å². The fourth-order valence-electron chi connectivity index (χ4n) is 10.3. The van der Waals surface area contributed by atoms with Crippen LogP contribution in [0.4, 0.5) is 0 Å². The van der Waals surface area contributed by atoms with Crippen molar-refractivity contribution in [2.24, 2.45) is 0 Å². The fraction of sp³-hybridized carbons (Fsp3) is 0.644. The van der Waals surface area contributed by atoms with Gasteiger partial charge in [-0.25, -0.2) is 9.13 Å². The number of aliphatic hydroxyl groups is 2. The molecule has 16 nitrogen and oxygen atoms in total. The second-order valence-corrected chi connectivity index (χ2v) is 29.4. The van der Waals surface area contributed by atoms with Crippen molar-refractivity contribution < 1.29 is 75.8 Å². The smallest absolute Gasteiger partial charge is 0.463 e. The largest absolute Gasteiger partial charge is 0.472 e. The average molecular weight is 1510 g/mol. The molecule has 0 amide bonds. The zero-order valence-corrected chi connectivity index (χ0v) is 67.1. The first-order valence-electron chi connectivity index (χ1n) is 40.4. The van der Waals surface area contributed by atoms with E-state index in [-0.39, 0.29) is 19.3 Å². The number of allylic oxidation sites excluding steroid dienone is 28. The lowest BCUT2D eigenvalue weighted by Crippen LogP contribution is -2.30. The number of aliphatic hydroxyl groups excluding tert-OH is 2. The first-order chi connectivity index (χ1) is 51.2. The van der Waals surface area contributed by atoms with Gasteiger partial charge in [0.25, 0.3) is 0 Å². The van der Waals surface area contributed by atoms with Crippen LogP contribution in [-0.2, 0) is 55.8 Å². The van der Waals surface area contributed by atoms with Gasteiger partial charge in [-0.3, -0.25) is 32.5 Å². The molecule has 0 saturated heterocycles. The Morgan fingerprint density at radius 3 is 0.800 bits per heavy atom. The van der Waals surface area contributed by atoms with Gasteiger partial charge >= 0.3 is 33.6 Å². The minimum absolute atomic E-state index is 0.0810. The second kappa shape index (κ2) is 78.5. The summed E-state index contributed by atoms with van der Waals surface area (Å²) in [5.74, 6) is -1.62. The molecule has 0 rings (SSSR count). The van der Waals surface area contributed by atoms with E-state index in [9.17, 15) is 43.5 Å². The van der Waals surface area contributed by atoms with Crippen LogP contribution in [-0.4, -0.2) is 95.9 Å². The van der Waals surface area contributed by atoms with Crippen LogP contribution in [0.5, 0.6) is 0 Å². The molecule has 0 radical (unpaired) electrons. The number of carbonyl (C=O) groups excluding carboxylic acids is 3. The maximum atomic E-state index is 13.0. The molecule has 0 heterocycles. The zero-order valence-electron chi connectivity index (χ0n) is 65.3. The number of unbranched alkanes of at least 4 members (excludes halogenated alkanes) is 24. The number of ether oxygens (including phenoxy) is 3. The molecule has 5 unspecified atom stereocenters. The summed E-state index contributed by atoms with van der Waals surface area (Å²) in [7, 11) is -9.82. The van der Waals surface area contributed by atoms with Crippen LogP contribution in [0.3, 0.4) is 0 Å². The number of hydrogen-bond donors (Lipinski definition) is 4. The molecular weight excluding hydrogens is 1360 g/mol. The van der Waals surface area contributed by atoms with Gasteiger partial charge in [-0.15, -0.1) is 0 Å². The van der Waals surface area contributed by atoms with Crippen LogP contribution >= 0.6 is 15.6 Å². The Balaban J connectivity index is 4.71. The van der Waals surface area contributed by atoms with E-state index in [0.29, 0.717) is 19.3 Å². The van der Waals surface area contributed by atoms with Crippen LogP contribution in [0.2, 0.25) is 0 Å². The molecule has 0 saturated carbocycles. The van der Waals surface area contributed by atoms with E-state index in [0.717, 1.165) is 193 Å². The van der Waals surface area contributed by atoms with Crippen molar-refractivity contribution in [3.05, 3.63) is 170 Å². The van der Waals surface area contributed by atoms with Gasteiger partial charge in [0, 0.05) is 19.3 Å². The highest BCUT2D eigenvalue weighted by Gasteiger charge is 2.29. The monoisotopic (exact) mass is 1510 g/mol. The molecule has 598 valence electrons. The molecule has 4 N–H and O–H groups in total. The van der Waals surface area contributed by atoms with Crippen LogP contribution < -0.4 is 0 Å². The molecule has 18 heteroatoms. The van der Waals surface area contributed by atoms with Crippen LogP contribution in [0, 0.1) is 0 Å². The summed E-state index contributed by atoms with van der Waals surface area (Å²) in [5, 5.41) is 20.7. The third-order valence-electron chi connectivity index (χ3n) is 16.4. The summed E-state index contributed by atoms with van der Waals surface area (Å²) in [6, 6.07) is 0. The lowest BCUT2D eigenvalue weighted by atomic mass is 10.1. The predicted octanol–water partition coefficient (Wildman–Crippen LogP) is 24.0. The van der Waals surface area contributed by atoms with Gasteiger partial charge in [0.15, 0.2) is 6.10 Å². The van der Waals surface area contributed by atoms with E-state index in [1.54, 1.807) is 0 Å².